The highest BCUT2D eigenvalue weighted by Crippen LogP contribution is 2.27. The van der Waals surface area contributed by atoms with Gasteiger partial charge in [-0.3, -0.25) is 4.79 Å². The zero-order valence-electron chi connectivity index (χ0n) is 15.9. The Bertz CT molecular complexity index is 938. The standard InChI is InChI=1S/C20H22N4O3S/c1-13(2)20-21-15(12-28-20)10-17(25)24-8-9-26-11-16(24)19-22-18(23-27-19)14-6-4-3-5-7-14/h3-7,12-13,16H,8-11H2,1-2H3. The lowest BCUT2D eigenvalue weighted by atomic mass is 10.2. The molecule has 0 saturated carbocycles. The predicted molar refractivity (Wildman–Crippen MR) is 105 cm³/mol. The summed E-state index contributed by atoms with van der Waals surface area (Å²) in [7, 11) is 0. The fourth-order valence-corrected chi connectivity index (χ4v) is 3.94. The van der Waals surface area contributed by atoms with Gasteiger partial charge in [0.05, 0.1) is 30.3 Å². The molecular formula is C20H22N4O3S. The molecular weight excluding hydrogens is 376 g/mol. The maximum atomic E-state index is 13.0. The van der Waals surface area contributed by atoms with Crippen molar-refractivity contribution in [1.29, 1.82) is 0 Å². The topological polar surface area (TPSA) is 81.4 Å². The van der Waals surface area contributed by atoms with Gasteiger partial charge in [0.15, 0.2) is 0 Å². The van der Waals surface area contributed by atoms with Crippen molar-refractivity contribution in [3.05, 3.63) is 52.3 Å². The SMILES string of the molecule is CC(C)c1nc(CC(=O)N2CCOCC2c2nc(-c3ccccc3)no2)cs1. The fourth-order valence-electron chi connectivity index (χ4n) is 3.11. The van der Waals surface area contributed by atoms with Gasteiger partial charge in [-0.2, -0.15) is 4.98 Å². The van der Waals surface area contributed by atoms with Crippen LogP contribution in [0.2, 0.25) is 0 Å². The minimum Gasteiger partial charge on any atom is -0.377 e. The van der Waals surface area contributed by atoms with Crippen LogP contribution in [0.25, 0.3) is 11.4 Å². The first-order valence-electron chi connectivity index (χ1n) is 9.32. The van der Waals surface area contributed by atoms with Crippen LogP contribution >= 0.6 is 11.3 Å². The van der Waals surface area contributed by atoms with Gasteiger partial charge in [0.1, 0.15) is 6.04 Å². The van der Waals surface area contributed by atoms with E-state index in [0.29, 0.717) is 37.4 Å². The second-order valence-electron chi connectivity index (χ2n) is 7.01. The summed E-state index contributed by atoms with van der Waals surface area (Å²) in [6, 6.07) is 9.24. The molecule has 2 aromatic heterocycles. The molecule has 1 amide bonds. The van der Waals surface area contributed by atoms with Crippen molar-refractivity contribution in [2.45, 2.75) is 32.2 Å². The number of ether oxygens (including phenoxy) is 1. The van der Waals surface area contributed by atoms with Gasteiger partial charge in [-0.25, -0.2) is 4.98 Å². The quantitative estimate of drug-likeness (QED) is 0.655. The van der Waals surface area contributed by atoms with Crippen LogP contribution in [0.15, 0.2) is 40.2 Å². The normalized spacial score (nSPS) is 17.2. The monoisotopic (exact) mass is 398 g/mol. The molecule has 0 radical (unpaired) electrons. The molecule has 0 bridgehead atoms. The molecule has 1 aliphatic heterocycles. The van der Waals surface area contributed by atoms with Gasteiger partial charge >= 0.3 is 0 Å². The van der Waals surface area contributed by atoms with Crippen LogP contribution in [-0.2, 0) is 16.0 Å². The number of morpholine rings is 1. The highest BCUT2D eigenvalue weighted by Gasteiger charge is 2.33. The van der Waals surface area contributed by atoms with E-state index in [-0.39, 0.29) is 18.4 Å². The number of carbonyl (C=O) groups excluding carboxylic acids is 1. The summed E-state index contributed by atoms with van der Waals surface area (Å²) in [5.41, 5.74) is 1.68. The van der Waals surface area contributed by atoms with E-state index in [4.69, 9.17) is 9.26 Å². The third-order valence-corrected chi connectivity index (χ3v) is 5.80. The number of hydrogen-bond donors (Lipinski definition) is 0. The summed E-state index contributed by atoms with van der Waals surface area (Å²) in [6.45, 7) is 5.53. The van der Waals surface area contributed by atoms with E-state index in [1.165, 1.54) is 0 Å². The number of nitrogens with zero attached hydrogens (tertiary/aromatic N) is 4. The van der Waals surface area contributed by atoms with Crippen molar-refractivity contribution in [1.82, 2.24) is 20.0 Å². The Balaban J connectivity index is 1.51. The summed E-state index contributed by atoms with van der Waals surface area (Å²) in [5, 5.41) is 7.08. The summed E-state index contributed by atoms with van der Waals surface area (Å²) in [6.07, 6.45) is 0.263. The molecule has 0 aliphatic carbocycles. The summed E-state index contributed by atoms with van der Waals surface area (Å²) < 4.78 is 11.1. The van der Waals surface area contributed by atoms with Crippen LogP contribution in [0.1, 0.15) is 42.4 Å². The van der Waals surface area contributed by atoms with Gasteiger partial charge < -0.3 is 14.2 Å². The van der Waals surface area contributed by atoms with Gasteiger partial charge in [-0.15, -0.1) is 11.3 Å². The molecule has 1 fully saturated rings. The van der Waals surface area contributed by atoms with E-state index < -0.39 is 0 Å². The first kappa shape index (κ1) is 18.8. The van der Waals surface area contributed by atoms with Crippen molar-refractivity contribution < 1.29 is 14.1 Å². The molecule has 1 aromatic carbocycles. The Hall–Kier alpha value is -2.58. The minimum atomic E-state index is -0.380. The third kappa shape index (κ3) is 3.98. The Morgan fingerprint density at radius 2 is 2.11 bits per heavy atom. The van der Waals surface area contributed by atoms with Crippen LogP contribution in [0.3, 0.4) is 0 Å². The second-order valence-corrected chi connectivity index (χ2v) is 7.90. The maximum Gasteiger partial charge on any atom is 0.252 e. The van der Waals surface area contributed by atoms with Crippen LogP contribution < -0.4 is 0 Å². The lowest BCUT2D eigenvalue weighted by Gasteiger charge is -2.33. The predicted octanol–water partition coefficient (Wildman–Crippen LogP) is 3.46. The highest BCUT2D eigenvalue weighted by molar-refractivity contribution is 7.09. The number of amides is 1. The van der Waals surface area contributed by atoms with Crippen molar-refractivity contribution in [3.63, 3.8) is 0 Å². The summed E-state index contributed by atoms with van der Waals surface area (Å²) >= 11 is 1.60. The number of benzene rings is 1. The van der Waals surface area contributed by atoms with E-state index in [2.05, 4.69) is 29.0 Å². The smallest absolute Gasteiger partial charge is 0.252 e. The second kappa shape index (κ2) is 8.20. The molecule has 4 rings (SSSR count). The van der Waals surface area contributed by atoms with E-state index in [1.807, 2.05) is 35.7 Å². The Morgan fingerprint density at radius 1 is 1.29 bits per heavy atom. The minimum absolute atomic E-state index is 0.00614. The average molecular weight is 398 g/mol. The molecule has 7 nitrogen and oxygen atoms in total. The molecule has 1 aliphatic rings. The van der Waals surface area contributed by atoms with Gasteiger partial charge in [-0.05, 0) is 0 Å². The lowest BCUT2D eigenvalue weighted by molar-refractivity contribution is -0.140. The number of hydrogen-bond acceptors (Lipinski definition) is 7. The van der Waals surface area contributed by atoms with Crippen LogP contribution in [0.4, 0.5) is 0 Å². The van der Waals surface area contributed by atoms with Crippen LogP contribution in [-0.4, -0.2) is 45.7 Å². The molecule has 0 N–H and O–H groups in total. The molecule has 0 spiro atoms. The van der Waals surface area contributed by atoms with E-state index >= 15 is 0 Å². The molecule has 1 saturated heterocycles. The molecule has 1 atom stereocenters. The first-order valence-corrected chi connectivity index (χ1v) is 10.2. The van der Waals surface area contributed by atoms with Gasteiger partial charge in [0, 0.05) is 23.4 Å². The van der Waals surface area contributed by atoms with E-state index in [1.54, 1.807) is 16.2 Å². The Morgan fingerprint density at radius 3 is 2.86 bits per heavy atom. The van der Waals surface area contributed by atoms with E-state index in [0.717, 1.165) is 16.3 Å². The lowest BCUT2D eigenvalue weighted by Crippen LogP contribution is -2.44. The molecule has 1 unspecified atom stereocenters. The van der Waals surface area contributed by atoms with Crippen LogP contribution in [0.5, 0.6) is 0 Å². The Labute approximate surface area is 167 Å². The maximum absolute atomic E-state index is 13.0. The largest absolute Gasteiger partial charge is 0.377 e. The molecule has 146 valence electrons. The molecule has 3 aromatic rings. The Kier molecular flexibility index (Phi) is 5.50. The first-order chi connectivity index (χ1) is 13.6. The van der Waals surface area contributed by atoms with Crippen molar-refractivity contribution in [3.8, 4) is 11.4 Å². The average Bonchev–Trinajstić information content (AvgIpc) is 3.38. The van der Waals surface area contributed by atoms with Crippen molar-refractivity contribution in [2.24, 2.45) is 0 Å². The fraction of sp³-hybridized carbons (Fsp3) is 0.400. The number of thiazole rings is 1. The summed E-state index contributed by atoms with van der Waals surface area (Å²) in [4.78, 5) is 23.8. The van der Waals surface area contributed by atoms with Gasteiger partial charge in [0.2, 0.25) is 11.7 Å². The molecule has 3 heterocycles. The van der Waals surface area contributed by atoms with Gasteiger partial charge in [-0.1, -0.05) is 49.3 Å². The van der Waals surface area contributed by atoms with Crippen molar-refractivity contribution >= 4 is 17.2 Å². The zero-order chi connectivity index (χ0) is 19.5. The van der Waals surface area contributed by atoms with Crippen molar-refractivity contribution in [2.75, 3.05) is 19.8 Å². The van der Waals surface area contributed by atoms with E-state index in [9.17, 15) is 4.79 Å². The number of carbonyl (C=O) groups is 1. The van der Waals surface area contributed by atoms with Crippen LogP contribution in [0, 0.1) is 0 Å². The third-order valence-electron chi connectivity index (χ3n) is 4.60. The summed E-state index contributed by atoms with van der Waals surface area (Å²) in [5.74, 6) is 1.26. The molecule has 28 heavy (non-hydrogen) atoms. The number of rotatable bonds is 5. The highest BCUT2D eigenvalue weighted by atomic mass is 32.1. The zero-order valence-corrected chi connectivity index (χ0v) is 16.7. The van der Waals surface area contributed by atoms with Gasteiger partial charge in [0.25, 0.3) is 5.89 Å². The number of aromatic nitrogens is 3. The molecule has 8 heteroatoms.